The van der Waals surface area contributed by atoms with E-state index in [1.807, 2.05) is 13.0 Å². The summed E-state index contributed by atoms with van der Waals surface area (Å²) >= 11 is 0. The van der Waals surface area contributed by atoms with E-state index in [4.69, 9.17) is 0 Å². The fraction of sp³-hybridized carbons (Fsp3) is 0.320. The molecule has 2 aromatic carbocycles. The molecule has 0 saturated carbocycles. The number of aromatic amines is 1. The molecule has 1 aliphatic heterocycles. The minimum atomic E-state index is 0. The molecule has 1 atom stereocenters. The van der Waals surface area contributed by atoms with Gasteiger partial charge in [-0.15, -0.1) is 0 Å². The van der Waals surface area contributed by atoms with Crippen LogP contribution in [0.15, 0.2) is 71.0 Å². The number of aromatic nitrogens is 1. The van der Waals surface area contributed by atoms with Crippen molar-refractivity contribution in [1.82, 2.24) is 9.88 Å². The van der Waals surface area contributed by atoms with Gasteiger partial charge in [0, 0.05) is 31.5 Å². The smallest absolute Gasteiger partial charge is 0.251 e. The van der Waals surface area contributed by atoms with Crippen LogP contribution < -0.4 is 5.56 Å². The van der Waals surface area contributed by atoms with Crippen LogP contribution in [-0.2, 0) is 6.42 Å². The van der Waals surface area contributed by atoms with E-state index >= 15 is 0 Å². The lowest BCUT2D eigenvalue weighted by Gasteiger charge is -2.26. The Morgan fingerprint density at radius 1 is 1.07 bits per heavy atom. The number of nitrogens with zero attached hydrogens (tertiary/aromatic N) is 1. The average Bonchev–Trinajstić information content (AvgIpc) is 2.73. The molecule has 1 saturated heterocycles. The number of hydrogen-bond acceptors (Lipinski definition) is 2. The normalized spacial score (nSPS) is 16.3. The molecule has 0 radical (unpaired) electrons. The molecule has 28 heavy (non-hydrogen) atoms. The second kappa shape index (κ2) is 8.15. The predicted octanol–water partition coefficient (Wildman–Crippen LogP) is 5.12. The lowest BCUT2D eigenvalue weighted by atomic mass is 9.87. The van der Waals surface area contributed by atoms with Gasteiger partial charge in [0.2, 0.25) is 0 Å². The molecule has 4 rings (SSSR count). The van der Waals surface area contributed by atoms with Crippen molar-refractivity contribution in [3.05, 3.63) is 93.3 Å². The van der Waals surface area contributed by atoms with Gasteiger partial charge in [0.25, 0.3) is 5.56 Å². The maximum atomic E-state index is 12.1. The Morgan fingerprint density at radius 2 is 1.82 bits per heavy atom. The number of benzene rings is 2. The number of rotatable bonds is 4. The standard InChI is InChI=1S/C25H28N2O.H2/c1-3-19-16-22-17-21(9-10-24(22)26-25(19)28)23(20-7-5-4-6-8-20)15-18-11-13-27(2)14-12-18;/h4-10,15-17,23H,3,11-14H2,1-2H3,(H,26,28);1H. The monoisotopic (exact) mass is 374 g/mol. The van der Waals surface area contributed by atoms with Crippen molar-refractivity contribution in [3.63, 3.8) is 0 Å². The van der Waals surface area contributed by atoms with E-state index in [0.717, 1.165) is 48.8 Å². The third-order valence-corrected chi connectivity index (χ3v) is 5.88. The lowest BCUT2D eigenvalue weighted by molar-refractivity contribution is 0.312. The van der Waals surface area contributed by atoms with Crippen LogP contribution in [-0.4, -0.2) is 30.0 Å². The van der Waals surface area contributed by atoms with Crippen molar-refractivity contribution in [2.24, 2.45) is 0 Å². The first-order chi connectivity index (χ1) is 13.6. The largest absolute Gasteiger partial charge is 0.322 e. The highest BCUT2D eigenvalue weighted by Gasteiger charge is 2.16. The molecule has 3 heteroatoms. The molecule has 146 valence electrons. The van der Waals surface area contributed by atoms with E-state index < -0.39 is 0 Å². The van der Waals surface area contributed by atoms with Crippen molar-refractivity contribution in [2.45, 2.75) is 32.1 Å². The zero-order valence-corrected chi connectivity index (χ0v) is 16.7. The topological polar surface area (TPSA) is 36.1 Å². The zero-order valence-electron chi connectivity index (χ0n) is 16.7. The summed E-state index contributed by atoms with van der Waals surface area (Å²) in [6.45, 7) is 4.29. The number of hydrogen-bond donors (Lipinski definition) is 1. The molecule has 0 bridgehead atoms. The molecule has 1 aliphatic rings. The minimum absolute atomic E-state index is 0. The first-order valence-corrected chi connectivity index (χ1v) is 10.2. The van der Waals surface area contributed by atoms with E-state index in [1.54, 1.807) is 5.57 Å². The fourth-order valence-corrected chi connectivity index (χ4v) is 4.08. The SMILES string of the molecule is CCc1cc2cc(C(C=C3CCN(C)CC3)c3ccccc3)ccc2[nH]c1=O.[HH]. The van der Waals surface area contributed by atoms with Crippen LogP contribution in [0.3, 0.4) is 0 Å². The summed E-state index contributed by atoms with van der Waals surface area (Å²) in [6.07, 6.45) is 5.49. The van der Waals surface area contributed by atoms with E-state index in [9.17, 15) is 4.79 Å². The number of aryl methyl sites for hydroxylation is 1. The molecule has 2 heterocycles. The predicted molar refractivity (Wildman–Crippen MR) is 119 cm³/mol. The molecule has 1 aromatic heterocycles. The summed E-state index contributed by atoms with van der Waals surface area (Å²) in [5, 5.41) is 1.11. The minimum Gasteiger partial charge on any atom is -0.322 e. The Labute approximate surface area is 168 Å². The molecule has 0 amide bonds. The number of piperidine rings is 1. The molecular weight excluding hydrogens is 344 g/mol. The Hall–Kier alpha value is -2.65. The first kappa shape index (κ1) is 18.7. The maximum absolute atomic E-state index is 12.1. The van der Waals surface area contributed by atoms with Gasteiger partial charge in [-0.05, 0) is 61.0 Å². The van der Waals surface area contributed by atoms with Crippen LogP contribution >= 0.6 is 0 Å². The number of pyridine rings is 1. The van der Waals surface area contributed by atoms with Gasteiger partial charge in [-0.1, -0.05) is 55.0 Å². The lowest BCUT2D eigenvalue weighted by Crippen LogP contribution is -2.26. The molecule has 1 fully saturated rings. The van der Waals surface area contributed by atoms with Crippen LogP contribution in [0.5, 0.6) is 0 Å². The maximum Gasteiger partial charge on any atom is 0.251 e. The summed E-state index contributed by atoms with van der Waals surface area (Å²) in [6, 6.07) is 19.2. The second-order valence-corrected chi connectivity index (χ2v) is 7.84. The molecule has 3 aromatic rings. The Balaban J connectivity index is 0.00000240. The van der Waals surface area contributed by atoms with Gasteiger partial charge in [-0.2, -0.15) is 0 Å². The summed E-state index contributed by atoms with van der Waals surface area (Å²) < 4.78 is 0. The molecule has 0 spiro atoms. The fourth-order valence-electron chi connectivity index (χ4n) is 4.08. The quantitative estimate of drug-likeness (QED) is 0.643. The number of nitrogens with one attached hydrogen (secondary N) is 1. The third kappa shape index (κ3) is 3.95. The van der Waals surface area contributed by atoms with Gasteiger partial charge in [-0.25, -0.2) is 0 Å². The van der Waals surface area contributed by atoms with Gasteiger partial charge in [0.15, 0.2) is 0 Å². The van der Waals surface area contributed by atoms with Crippen LogP contribution in [0.4, 0.5) is 0 Å². The summed E-state index contributed by atoms with van der Waals surface area (Å²) in [5.41, 5.74) is 5.91. The molecule has 3 nitrogen and oxygen atoms in total. The van der Waals surface area contributed by atoms with Crippen molar-refractivity contribution in [2.75, 3.05) is 20.1 Å². The van der Waals surface area contributed by atoms with Crippen molar-refractivity contribution >= 4 is 10.9 Å². The van der Waals surface area contributed by atoms with Gasteiger partial charge in [0.1, 0.15) is 0 Å². The Morgan fingerprint density at radius 3 is 2.54 bits per heavy atom. The van der Waals surface area contributed by atoms with Gasteiger partial charge in [-0.3, -0.25) is 4.79 Å². The number of allylic oxidation sites excluding steroid dienone is 1. The van der Waals surface area contributed by atoms with E-state index in [0.29, 0.717) is 0 Å². The Bertz CT molecular complexity index is 1050. The van der Waals surface area contributed by atoms with Crippen molar-refractivity contribution < 1.29 is 1.43 Å². The second-order valence-electron chi connectivity index (χ2n) is 7.84. The highest BCUT2D eigenvalue weighted by molar-refractivity contribution is 5.80. The molecule has 0 aliphatic carbocycles. The summed E-state index contributed by atoms with van der Waals surface area (Å²) in [7, 11) is 2.20. The van der Waals surface area contributed by atoms with Gasteiger partial charge >= 0.3 is 0 Å². The first-order valence-electron chi connectivity index (χ1n) is 10.2. The average molecular weight is 375 g/mol. The zero-order chi connectivity index (χ0) is 19.5. The van der Waals surface area contributed by atoms with Crippen molar-refractivity contribution in [1.29, 1.82) is 0 Å². The van der Waals surface area contributed by atoms with E-state index in [1.165, 1.54) is 11.1 Å². The molecule has 1 N–H and O–H groups in total. The third-order valence-electron chi connectivity index (χ3n) is 5.88. The van der Waals surface area contributed by atoms with Crippen LogP contribution in [0, 0.1) is 0 Å². The molecule has 1 unspecified atom stereocenters. The summed E-state index contributed by atoms with van der Waals surface area (Å²) in [4.78, 5) is 17.5. The Kier molecular flexibility index (Phi) is 5.45. The van der Waals surface area contributed by atoms with Gasteiger partial charge in [0.05, 0.1) is 0 Å². The van der Waals surface area contributed by atoms with E-state index in [2.05, 4.69) is 71.5 Å². The van der Waals surface area contributed by atoms with Crippen LogP contribution in [0.2, 0.25) is 0 Å². The highest BCUT2D eigenvalue weighted by Crippen LogP contribution is 2.31. The van der Waals surface area contributed by atoms with Gasteiger partial charge < -0.3 is 9.88 Å². The number of fused-ring (bicyclic) bond motifs is 1. The highest BCUT2D eigenvalue weighted by atomic mass is 16.1. The van der Waals surface area contributed by atoms with Crippen molar-refractivity contribution in [3.8, 4) is 0 Å². The number of likely N-dealkylation sites (tertiary alicyclic amines) is 1. The van der Waals surface area contributed by atoms with Crippen LogP contribution in [0.25, 0.3) is 10.9 Å². The van der Waals surface area contributed by atoms with Crippen LogP contribution in [0.1, 0.15) is 43.8 Å². The molecular formula is C25H30N2O. The number of H-pyrrole nitrogens is 1. The summed E-state index contributed by atoms with van der Waals surface area (Å²) in [5.74, 6) is 0.237. The van der Waals surface area contributed by atoms with E-state index in [-0.39, 0.29) is 12.9 Å².